The second-order valence-electron chi connectivity index (χ2n) is 14.4. The molecule has 1 nitrogen and oxygen atoms in total. The predicted octanol–water partition coefficient (Wildman–Crippen LogP) is -16.2. The minimum Gasteiger partial charge on any atom is -0.457 e. The Morgan fingerprint density at radius 1 is 0.153 bits per heavy atom. The second kappa shape index (κ2) is 14.0. The van der Waals surface area contributed by atoms with E-state index in [1.54, 1.807) is 0 Å². The lowest BCUT2D eigenvalue weighted by molar-refractivity contribution is 0.675. The molecule has 0 aliphatic rings. The van der Waals surface area contributed by atoms with E-state index in [-0.39, 0.29) is 197 Å². The molecule has 0 amide bonds. The van der Waals surface area contributed by atoms with Gasteiger partial charge in [0.1, 0.15) is 184 Å². The molecule has 23 heteroatoms. The number of fused-ring (bicyclic) bond motifs is 6. The van der Waals surface area contributed by atoms with E-state index in [1.807, 2.05) is 0 Å². The highest BCUT2D eigenvalue weighted by Gasteiger charge is 2.30. The predicted molar refractivity (Wildman–Crippen MR) is 276 cm³/mol. The van der Waals surface area contributed by atoms with Crippen molar-refractivity contribution >= 4 is 347 Å². The maximum absolute atomic E-state index is 7.07. The molecule has 1 aromatic heterocycles. The molecule has 1 heterocycles. The summed E-state index contributed by atoms with van der Waals surface area (Å²) < 4.78 is 6.28. The third-order valence-electron chi connectivity index (χ3n) is 11.5. The van der Waals surface area contributed by atoms with Crippen molar-refractivity contribution in [2.24, 2.45) is 0 Å². The standard InChI is InChI=1S/C36B22O/c37-13-5(8-10(20(44)25(13)49)21(45)31(55)30(54)18(8)42)1-3-6(16(40)28(52)26(50)14(3)38)2(7-4(1)15(39)27(51)29(53)17(7)41)9-19(43)22(46)11-12-23(47)32(56)33(57)34(58)36(12)59-35(11)24(9)48. The van der Waals surface area contributed by atoms with Gasteiger partial charge in [0.05, 0.1) is 0 Å². The van der Waals surface area contributed by atoms with E-state index in [1.165, 1.54) is 0 Å². The molecular formula is C36B22O. The summed E-state index contributed by atoms with van der Waals surface area (Å²) >= 11 is 0. The first kappa shape index (κ1) is 42.2. The van der Waals surface area contributed by atoms with E-state index in [0.29, 0.717) is 0 Å². The minimum absolute atomic E-state index is 0.00494. The molecule has 0 atom stereocenters. The van der Waals surface area contributed by atoms with Crippen LogP contribution in [0.5, 0.6) is 0 Å². The zero-order valence-electron chi connectivity index (χ0n) is 31.1. The molecule has 0 fully saturated rings. The molecule has 7 aromatic carbocycles. The summed E-state index contributed by atoms with van der Waals surface area (Å²) in [5, 5.41) is 0.768. The minimum atomic E-state index is -0.145. The number of hydrogen-bond acceptors (Lipinski definition) is 1. The van der Waals surface area contributed by atoms with Crippen LogP contribution in [0, 0.1) is 0 Å². The van der Waals surface area contributed by atoms with Crippen molar-refractivity contribution in [3.8, 4) is 22.3 Å². The quantitative estimate of drug-likeness (QED) is 0.130. The molecule has 216 valence electrons. The highest BCUT2D eigenvalue weighted by molar-refractivity contribution is 6.76. The Labute approximate surface area is 371 Å². The molecule has 8 aromatic rings. The van der Waals surface area contributed by atoms with Crippen molar-refractivity contribution in [2.45, 2.75) is 0 Å². The Hall–Kier alpha value is -3.45. The van der Waals surface area contributed by atoms with E-state index < -0.39 is 0 Å². The lowest BCUT2D eigenvalue weighted by Crippen LogP contribution is -2.53. The third kappa shape index (κ3) is 5.30. The van der Waals surface area contributed by atoms with Gasteiger partial charge in [-0.05, 0) is 60.0 Å². The van der Waals surface area contributed by atoms with Gasteiger partial charge in [-0.1, -0.05) is 65.6 Å². The molecular weight excluding hydrogens is 686 g/mol. The number of rotatable bonds is 2. The summed E-state index contributed by atoms with van der Waals surface area (Å²) in [4.78, 5) is 0. The molecule has 8 rings (SSSR count). The summed E-state index contributed by atoms with van der Waals surface area (Å²) in [5.41, 5.74) is -2.02. The molecule has 0 spiro atoms. The van der Waals surface area contributed by atoms with E-state index in [9.17, 15) is 0 Å². The third-order valence-corrected chi connectivity index (χ3v) is 11.5. The molecule has 0 bridgehead atoms. The Kier molecular flexibility index (Phi) is 10.1. The summed E-state index contributed by atoms with van der Waals surface area (Å²) in [6.07, 6.45) is 0. The van der Waals surface area contributed by atoms with Crippen molar-refractivity contribution in [3.05, 3.63) is 0 Å². The van der Waals surface area contributed by atoms with Crippen molar-refractivity contribution < 1.29 is 4.42 Å². The molecule has 0 unspecified atom stereocenters. The van der Waals surface area contributed by atoms with Crippen LogP contribution < -0.4 is 120 Å². The Morgan fingerprint density at radius 2 is 0.373 bits per heavy atom. The van der Waals surface area contributed by atoms with Crippen LogP contribution in [0.25, 0.3) is 76.5 Å². The van der Waals surface area contributed by atoms with Crippen LogP contribution in [-0.4, -0.2) is 173 Å². The van der Waals surface area contributed by atoms with E-state index in [2.05, 4.69) is 0 Å². The average molecular weight is 686 g/mol. The lowest BCUT2D eigenvalue weighted by atomic mass is 9.56. The molecule has 59 heavy (non-hydrogen) atoms. The summed E-state index contributed by atoms with van der Waals surface area (Å²) in [6.45, 7) is 0. The topological polar surface area (TPSA) is 13.1 Å². The van der Waals surface area contributed by atoms with Gasteiger partial charge in [0, 0.05) is 10.8 Å². The Balaban J connectivity index is 1.77. The van der Waals surface area contributed by atoms with E-state index in [4.69, 9.17) is 177 Å². The van der Waals surface area contributed by atoms with Crippen LogP contribution in [0.3, 0.4) is 0 Å². The second-order valence-corrected chi connectivity index (χ2v) is 14.4. The first-order valence-electron chi connectivity index (χ1n) is 17.3. The van der Waals surface area contributed by atoms with Crippen LogP contribution in [0.4, 0.5) is 0 Å². The Bertz CT molecular complexity index is 3260. The highest BCUT2D eigenvalue weighted by Crippen LogP contribution is 2.41. The molecule has 0 saturated heterocycles. The molecule has 0 aliphatic heterocycles. The van der Waals surface area contributed by atoms with Gasteiger partial charge < -0.3 is 4.42 Å². The highest BCUT2D eigenvalue weighted by atomic mass is 16.3. The normalized spacial score (nSPS) is 11.9. The first-order chi connectivity index (χ1) is 27.5. The molecule has 44 radical (unpaired) electrons. The van der Waals surface area contributed by atoms with Crippen LogP contribution in [-0.2, 0) is 0 Å². The monoisotopic (exact) mass is 690 g/mol. The van der Waals surface area contributed by atoms with Gasteiger partial charge >= 0.3 is 0 Å². The fourth-order valence-corrected chi connectivity index (χ4v) is 8.29. The number of furan rings is 1. The van der Waals surface area contributed by atoms with Crippen LogP contribution in [0.15, 0.2) is 4.42 Å². The van der Waals surface area contributed by atoms with Gasteiger partial charge in [0.25, 0.3) is 0 Å². The van der Waals surface area contributed by atoms with Crippen molar-refractivity contribution in [3.63, 3.8) is 0 Å². The summed E-state index contributed by atoms with van der Waals surface area (Å²) in [7, 11) is 146. The smallest absolute Gasteiger partial charge is 0.128 e. The fourth-order valence-electron chi connectivity index (χ4n) is 8.29. The average Bonchev–Trinajstić information content (AvgIpc) is 3.62. The SMILES string of the molecule is [B]c1c([B])c([B])c2c(oc3c([B])c(-c4c5c([B])c([B])c([B])c([B])c5c(-c5c([B])c([B])c([B])c6c([B])c([B])c([B])c([B])c56)c5c([B])c([B])c([B])c([B])c45)c([B])c([B])c32)c1[B]. The maximum atomic E-state index is 7.07. The number of benzene rings is 7. The van der Waals surface area contributed by atoms with Gasteiger partial charge in [-0.15, -0.1) is 49.2 Å². The zero-order chi connectivity index (χ0) is 43.5. The van der Waals surface area contributed by atoms with Crippen molar-refractivity contribution in [1.82, 2.24) is 0 Å². The van der Waals surface area contributed by atoms with Gasteiger partial charge in [-0.3, -0.25) is 0 Å². The van der Waals surface area contributed by atoms with Crippen molar-refractivity contribution in [2.75, 3.05) is 0 Å². The summed E-state index contributed by atoms with van der Waals surface area (Å²) in [6, 6.07) is 0. The van der Waals surface area contributed by atoms with Crippen LogP contribution in [0.2, 0.25) is 0 Å². The van der Waals surface area contributed by atoms with Crippen molar-refractivity contribution in [1.29, 1.82) is 0 Å². The Morgan fingerprint density at radius 3 is 0.746 bits per heavy atom. The van der Waals surface area contributed by atoms with E-state index >= 15 is 0 Å². The van der Waals surface area contributed by atoms with Gasteiger partial charge in [0.2, 0.25) is 0 Å². The maximum Gasteiger partial charge on any atom is 0.128 e. The van der Waals surface area contributed by atoms with Gasteiger partial charge in [-0.25, -0.2) is 0 Å². The molecule has 0 aliphatic carbocycles. The number of hydrogen-bond donors (Lipinski definition) is 0. The largest absolute Gasteiger partial charge is 0.457 e. The first-order valence-corrected chi connectivity index (χ1v) is 17.3. The summed E-state index contributed by atoms with van der Waals surface area (Å²) in [5.74, 6) is 0. The molecule has 0 saturated carbocycles. The van der Waals surface area contributed by atoms with Gasteiger partial charge in [-0.2, -0.15) is 0 Å². The molecule has 0 N–H and O–H groups in total. The van der Waals surface area contributed by atoms with E-state index in [0.717, 1.165) is 0 Å². The van der Waals surface area contributed by atoms with Crippen LogP contribution in [0.1, 0.15) is 0 Å². The van der Waals surface area contributed by atoms with Gasteiger partial charge in [0.15, 0.2) is 0 Å². The van der Waals surface area contributed by atoms with Crippen LogP contribution >= 0.6 is 0 Å². The lowest BCUT2D eigenvalue weighted by Gasteiger charge is -2.32. The zero-order valence-corrected chi connectivity index (χ0v) is 31.1. The fraction of sp³-hybridized carbons (Fsp3) is 0.